The molecular formula is C23H36N4O5S. The third kappa shape index (κ3) is 8.54. The van der Waals surface area contributed by atoms with Crippen molar-refractivity contribution in [1.82, 2.24) is 20.6 Å². The van der Waals surface area contributed by atoms with Crippen molar-refractivity contribution < 1.29 is 23.2 Å². The van der Waals surface area contributed by atoms with Crippen molar-refractivity contribution in [3.8, 4) is 0 Å². The van der Waals surface area contributed by atoms with Crippen LogP contribution in [-0.4, -0.2) is 55.2 Å². The van der Waals surface area contributed by atoms with E-state index < -0.39 is 33.7 Å². The highest BCUT2D eigenvalue weighted by atomic mass is 32.2. The molecular weight excluding hydrogens is 444 g/mol. The van der Waals surface area contributed by atoms with Gasteiger partial charge in [0.15, 0.2) is 0 Å². The predicted molar refractivity (Wildman–Crippen MR) is 127 cm³/mol. The van der Waals surface area contributed by atoms with Gasteiger partial charge in [0, 0.05) is 6.04 Å². The van der Waals surface area contributed by atoms with E-state index in [-0.39, 0.29) is 18.4 Å². The molecule has 0 spiro atoms. The summed E-state index contributed by atoms with van der Waals surface area (Å²) in [5, 5.41) is 12.5. The SMILES string of the molecule is CC(C)C[C@@H](C(=O)NN(C1CCNCC1)S(C)(=O)=O)[C@H](C/C=C/c1ccccc1)C(=O)NO. The monoisotopic (exact) mass is 480 g/mol. The lowest BCUT2D eigenvalue weighted by Gasteiger charge is -2.34. The first-order valence-electron chi connectivity index (χ1n) is 11.3. The van der Waals surface area contributed by atoms with Gasteiger partial charge < -0.3 is 5.32 Å². The molecule has 9 nitrogen and oxygen atoms in total. The molecule has 1 saturated heterocycles. The molecule has 1 heterocycles. The van der Waals surface area contributed by atoms with Gasteiger partial charge >= 0.3 is 0 Å². The first kappa shape index (κ1) is 27.0. The van der Waals surface area contributed by atoms with Gasteiger partial charge in [0.1, 0.15) is 0 Å². The number of amides is 2. The van der Waals surface area contributed by atoms with Crippen molar-refractivity contribution in [2.45, 2.75) is 45.6 Å². The summed E-state index contributed by atoms with van der Waals surface area (Å²) in [5.74, 6) is -2.86. The Bertz CT molecular complexity index is 899. The second-order valence-electron chi connectivity index (χ2n) is 8.88. The third-order valence-electron chi connectivity index (χ3n) is 5.71. The largest absolute Gasteiger partial charge is 0.317 e. The minimum Gasteiger partial charge on any atom is -0.317 e. The van der Waals surface area contributed by atoms with Crippen molar-refractivity contribution in [3.63, 3.8) is 0 Å². The average molecular weight is 481 g/mol. The highest BCUT2D eigenvalue weighted by molar-refractivity contribution is 7.88. The van der Waals surface area contributed by atoms with Crippen LogP contribution in [0.4, 0.5) is 0 Å². The lowest BCUT2D eigenvalue weighted by atomic mass is 9.82. The summed E-state index contributed by atoms with van der Waals surface area (Å²) in [5.41, 5.74) is 5.21. The molecule has 1 fully saturated rings. The quantitative estimate of drug-likeness (QED) is 0.283. The zero-order valence-corrected chi connectivity index (χ0v) is 20.3. The summed E-state index contributed by atoms with van der Waals surface area (Å²) in [4.78, 5) is 25.9. The Hall–Kier alpha value is -2.27. The molecule has 4 N–H and O–H groups in total. The molecule has 0 bridgehead atoms. The number of nitrogens with zero attached hydrogens (tertiary/aromatic N) is 1. The lowest BCUT2D eigenvalue weighted by molar-refractivity contribution is -0.142. The van der Waals surface area contributed by atoms with Crippen LogP contribution < -0.4 is 16.2 Å². The predicted octanol–water partition coefficient (Wildman–Crippen LogP) is 1.92. The smallest absolute Gasteiger partial charge is 0.247 e. The molecule has 0 aliphatic carbocycles. The van der Waals surface area contributed by atoms with Gasteiger partial charge in [-0.15, -0.1) is 4.41 Å². The Morgan fingerprint density at radius 1 is 1.15 bits per heavy atom. The molecule has 1 aromatic rings. The number of carbonyl (C=O) groups excluding carboxylic acids is 2. The van der Waals surface area contributed by atoms with Gasteiger partial charge in [-0.2, -0.15) is 0 Å². The van der Waals surface area contributed by atoms with Crippen LogP contribution in [0.15, 0.2) is 36.4 Å². The molecule has 0 unspecified atom stereocenters. The van der Waals surface area contributed by atoms with Crippen LogP contribution in [0.5, 0.6) is 0 Å². The summed E-state index contributed by atoms with van der Waals surface area (Å²) < 4.78 is 26.0. The van der Waals surface area contributed by atoms with E-state index in [0.717, 1.165) is 16.2 Å². The van der Waals surface area contributed by atoms with Gasteiger partial charge in [-0.1, -0.05) is 56.3 Å². The topological polar surface area (TPSA) is 128 Å². The lowest BCUT2D eigenvalue weighted by Crippen LogP contribution is -2.56. The van der Waals surface area contributed by atoms with E-state index in [1.807, 2.05) is 50.3 Å². The zero-order chi connectivity index (χ0) is 24.4. The van der Waals surface area contributed by atoms with E-state index in [2.05, 4.69) is 10.7 Å². The van der Waals surface area contributed by atoms with Gasteiger partial charge in [-0.3, -0.25) is 20.2 Å². The van der Waals surface area contributed by atoms with Crippen LogP contribution >= 0.6 is 0 Å². The second kappa shape index (κ2) is 12.8. The number of piperidine rings is 1. The number of rotatable bonds is 11. The Labute approximate surface area is 196 Å². The van der Waals surface area contributed by atoms with E-state index >= 15 is 0 Å². The normalized spacial score (nSPS) is 17.3. The molecule has 2 rings (SSSR count). The maximum Gasteiger partial charge on any atom is 0.247 e. The van der Waals surface area contributed by atoms with Crippen LogP contribution in [-0.2, 0) is 19.6 Å². The number of hydrogen-bond donors (Lipinski definition) is 4. The number of hydrogen-bond acceptors (Lipinski definition) is 6. The minimum absolute atomic E-state index is 0.0680. The highest BCUT2D eigenvalue weighted by Gasteiger charge is 2.37. The van der Waals surface area contributed by atoms with E-state index in [4.69, 9.17) is 0 Å². The molecule has 2 amide bonds. The molecule has 2 atom stereocenters. The van der Waals surface area contributed by atoms with E-state index in [9.17, 15) is 23.2 Å². The van der Waals surface area contributed by atoms with E-state index in [1.54, 1.807) is 11.6 Å². The van der Waals surface area contributed by atoms with Crippen LogP contribution in [0.3, 0.4) is 0 Å². The maximum absolute atomic E-state index is 13.4. The van der Waals surface area contributed by atoms with Crippen molar-refractivity contribution in [3.05, 3.63) is 42.0 Å². The van der Waals surface area contributed by atoms with Gasteiger partial charge in [-0.25, -0.2) is 13.9 Å². The second-order valence-corrected chi connectivity index (χ2v) is 10.7. The van der Waals surface area contributed by atoms with Gasteiger partial charge in [0.25, 0.3) is 0 Å². The molecule has 0 radical (unpaired) electrons. The average Bonchev–Trinajstić information content (AvgIpc) is 2.78. The molecule has 10 heteroatoms. The number of carbonyl (C=O) groups is 2. The Balaban J connectivity index is 2.26. The van der Waals surface area contributed by atoms with E-state index in [0.29, 0.717) is 32.4 Å². The summed E-state index contributed by atoms with van der Waals surface area (Å²) in [6.07, 6.45) is 6.40. The molecule has 1 aliphatic heterocycles. The van der Waals surface area contributed by atoms with Crippen LogP contribution in [0.1, 0.15) is 45.1 Å². The summed E-state index contributed by atoms with van der Waals surface area (Å²) in [6, 6.07) is 9.17. The van der Waals surface area contributed by atoms with Gasteiger partial charge in [-0.05, 0) is 50.3 Å². The van der Waals surface area contributed by atoms with Crippen LogP contribution in [0.25, 0.3) is 6.08 Å². The number of benzene rings is 1. The van der Waals surface area contributed by atoms with E-state index in [1.165, 1.54) is 0 Å². The molecule has 1 aliphatic rings. The zero-order valence-electron chi connectivity index (χ0n) is 19.5. The fourth-order valence-electron chi connectivity index (χ4n) is 4.09. The molecule has 184 valence electrons. The Morgan fingerprint density at radius 2 is 1.79 bits per heavy atom. The van der Waals surface area contributed by atoms with Gasteiger partial charge in [0.05, 0.1) is 18.1 Å². The number of hydrazine groups is 1. The fraction of sp³-hybridized carbons (Fsp3) is 0.565. The van der Waals surface area contributed by atoms with Crippen molar-refractivity contribution >= 4 is 27.9 Å². The molecule has 1 aromatic carbocycles. The number of sulfonamides is 1. The fourth-order valence-corrected chi connectivity index (χ4v) is 5.10. The van der Waals surface area contributed by atoms with Crippen molar-refractivity contribution in [2.24, 2.45) is 17.8 Å². The van der Waals surface area contributed by atoms with Gasteiger partial charge in [0.2, 0.25) is 21.8 Å². The molecule has 0 aromatic heterocycles. The number of allylic oxidation sites excluding steroid dienone is 1. The number of nitrogens with one attached hydrogen (secondary N) is 3. The minimum atomic E-state index is -3.72. The summed E-state index contributed by atoms with van der Waals surface area (Å²) >= 11 is 0. The Kier molecular flexibility index (Phi) is 10.5. The van der Waals surface area contributed by atoms with Crippen molar-refractivity contribution in [2.75, 3.05) is 19.3 Å². The summed E-state index contributed by atoms with van der Waals surface area (Å²) in [6.45, 7) is 5.16. The summed E-state index contributed by atoms with van der Waals surface area (Å²) in [7, 11) is -3.72. The highest BCUT2D eigenvalue weighted by Crippen LogP contribution is 2.26. The third-order valence-corrected chi connectivity index (χ3v) is 6.82. The first-order chi connectivity index (χ1) is 15.6. The molecule has 0 saturated carbocycles. The molecule has 33 heavy (non-hydrogen) atoms. The van der Waals surface area contributed by atoms with Crippen molar-refractivity contribution in [1.29, 1.82) is 0 Å². The van der Waals surface area contributed by atoms with Crippen LogP contribution in [0, 0.1) is 17.8 Å². The maximum atomic E-state index is 13.4. The Morgan fingerprint density at radius 3 is 2.33 bits per heavy atom. The van der Waals surface area contributed by atoms with Crippen LogP contribution in [0.2, 0.25) is 0 Å². The standard InChI is InChI=1S/C23H36N4O5S/c1-17(2)16-21(20(23(29)26-30)11-7-10-18-8-5-4-6-9-18)22(28)25-27(33(3,31)32)19-12-14-24-15-13-19/h4-10,17,19-21,24,30H,11-16H2,1-3H3,(H,25,28)(H,26,29)/b10-7+/t20-,21+/m0/s1. The number of hydroxylamine groups is 1. The first-order valence-corrected chi connectivity index (χ1v) is 13.1.